The Morgan fingerprint density at radius 3 is 2.62 bits per heavy atom. The molecule has 0 aliphatic rings. The Balaban J connectivity index is 2.66. The molecular formula is C13H16O3. The van der Waals surface area contributed by atoms with Gasteiger partial charge in [0.25, 0.3) is 0 Å². The Kier molecular flexibility index (Phi) is 4.73. The number of hydrogen-bond acceptors (Lipinski definition) is 3. The number of carbonyl (C=O) groups excluding carboxylic acids is 1. The Morgan fingerprint density at radius 2 is 2.12 bits per heavy atom. The van der Waals surface area contributed by atoms with E-state index < -0.39 is 6.10 Å². The topological polar surface area (TPSA) is 46.5 Å². The normalized spacial score (nSPS) is 13.9. The largest absolute Gasteiger partial charge is 0.465 e. The maximum absolute atomic E-state index is 10.7. The minimum Gasteiger partial charge on any atom is -0.465 e. The van der Waals surface area contributed by atoms with E-state index in [0.29, 0.717) is 0 Å². The zero-order valence-electron chi connectivity index (χ0n) is 9.30. The molecule has 1 N–H and O–H groups in total. The summed E-state index contributed by atoms with van der Waals surface area (Å²) in [5.74, 6) is -0.640. The second kappa shape index (κ2) is 6.08. The highest BCUT2D eigenvalue weighted by molar-refractivity contribution is 5.65. The van der Waals surface area contributed by atoms with E-state index in [1.807, 2.05) is 30.3 Å². The summed E-state index contributed by atoms with van der Waals surface area (Å²) in [6, 6.07) is 9.24. The van der Waals surface area contributed by atoms with E-state index in [0.717, 1.165) is 5.56 Å². The van der Waals surface area contributed by atoms with Crippen LogP contribution in [0, 0.1) is 5.92 Å². The van der Waals surface area contributed by atoms with E-state index in [1.165, 1.54) is 6.92 Å². The van der Waals surface area contributed by atoms with Gasteiger partial charge >= 0.3 is 5.97 Å². The molecule has 0 heterocycles. The lowest BCUT2D eigenvalue weighted by atomic mass is 9.96. The summed E-state index contributed by atoms with van der Waals surface area (Å²) in [5.41, 5.74) is 0.791. The van der Waals surface area contributed by atoms with Crippen LogP contribution in [0.15, 0.2) is 43.0 Å². The highest BCUT2D eigenvalue weighted by atomic mass is 16.5. The van der Waals surface area contributed by atoms with E-state index in [1.54, 1.807) is 6.08 Å². The van der Waals surface area contributed by atoms with Crippen LogP contribution in [0.2, 0.25) is 0 Å². The Bertz CT molecular complexity index is 345. The summed E-state index contributed by atoms with van der Waals surface area (Å²) in [4.78, 5) is 10.7. The lowest BCUT2D eigenvalue weighted by molar-refractivity contribution is -0.142. The highest BCUT2D eigenvalue weighted by Gasteiger charge is 2.18. The lowest BCUT2D eigenvalue weighted by Gasteiger charge is -2.19. The van der Waals surface area contributed by atoms with Gasteiger partial charge in [0.15, 0.2) is 0 Å². The first-order chi connectivity index (χ1) is 7.65. The van der Waals surface area contributed by atoms with Crippen molar-refractivity contribution in [1.82, 2.24) is 0 Å². The van der Waals surface area contributed by atoms with Gasteiger partial charge in [-0.2, -0.15) is 0 Å². The first-order valence-corrected chi connectivity index (χ1v) is 5.14. The van der Waals surface area contributed by atoms with Gasteiger partial charge in [0.05, 0.1) is 6.10 Å². The molecule has 0 bridgehead atoms. The number of aliphatic hydroxyl groups excluding tert-OH is 1. The standard InChI is InChI=1S/C13H16O3/c1-3-11(9-16-10(2)14)13(15)12-7-5-4-6-8-12/h3-8,11,13,15H,1,9H2,2H3/t11-,13+/m0/s1. The first-order valence-electron chi connectivity index (χ1n) is 5.14. The molecule has 0 amide bonds. The van der Waals surface area contributed by atoms with Gasteiger partial charge in [-0.05, 0) is 5.56 Å². The molecule has 0 aromatic heterocycles. The van der Waals surface area contributed by atoms with E-state index in [4.69, 9.17) is 4.74 Å². The van der Waals surface area contributed by atoms with Gasteiger partial charge in [-0.15, -0.1) is 6.58 Å². The number of hydrogen-bond donors (Lipinski definition) is 1. The summed E-state index contributed by atoms with van der Waals surface area (Å²) >= 11 is 0. The summed E-state index contributed by atoms with van der Waals surface area (Å²) in [6.07, 6.45) is 0.902. The average molecular weight is 220 g/mol. The number of esters is 1. The van der Waals surface area contributed by atoms with Crippen LogP contribution < -0.4 is 0 Å². The molecule has 0 aliphatic heterocycles. The summed E-state index contributed by atoms with van der Waals surface area (Å²) < 4.78 is 4.87. The van der Waals surface area contributed by atoms with Crippen molar-refractivity contribution in [2.45, 2.75) is 13.0 Å². The van der Waals surface area contributed by atoms with E-state index >= 15 is 0 Å². The Labute approximate surface area is 95.4 Å². The lowest BCUT2D eigenvalue weighted by Crippen LogP contribution is -2.17. The fraction of sp³-hybridized carbons (Fsp3) is 0.308. The van der Waals surface area contributed by atoms with Gasteiger partial charge in [0.2, 0.25) is 0 Å². The smallest absolute Gasteiger partial charge is 0.302 e. The third kappa shape index (κ3) is 3.51. The van der Waals surface area contributed by atoms with Crippen molar-refractivity contribution < 1.29 is 14.6 Å². The molecular weight excluding hydrogens is 204 g/mol. The van der Waals surface area contributed by atoms with Crippen LogP contribution in [0.4, 0.5) is 0 Å². The number of ether oxygens (including phenoxy) is 1. The van der Waals surface area contributed by atoms with Gasteiger partial charge in [0, 0.05) is 12.8 Å². The number of carbonyl (C=O) groups is 1. The van der Waals surface area contributed by atoms with E-state index in [-0.39, 0.29) is 18.5 Å². The predicted molar refractivity (Wildman–Crippen MR) is 61.7 cm³/mol. The van der Waals surface area contributed by atoms with Crippen molar-refractivity contribution in [1.29, 1.82) is 0 Å². The first kappa shape index (κ1) is 12.5. The van der Waals surface area contributed by atoms with Gasteiger partial charge in [-0.25, -0.2) is 0 Å². The molecule has 0 spiro atoms. The van der Waals surface area contributed by atoms with E-state index in [2.05, 4.69) is 6.58 Å². The van der Waals surface area contributed by atoms with Crippen LogP contribution in [0.3, 0.4) is 0 Å². The van der Waals surface area contributed by atoms with Crippen molar-refractivity contribution >= 4 is 5.97 Å². The fourth-order valence-electron chi connectivity index (χ4n) is 1.40. The molecule has 2 atom stereocenters. The maximum atomic E-state index is 10.7. The molecule has 1 aromatic rings. The molecule has 0 unspecified atom stereocenters. The molecule has 3 heteroatoms. The third-order valence-electron chi connectivity index (χ3n) is 2.33. The predicted octanol–water partition coefficient (Wildman–Crippen LogP) is 2.09. The monoisotopic (exact) mass is 220 g/mol. The second-order valence-corrected chi connectivity index (χ2v) is 3.56. The fourth-order valence-corrected chi connectivity index (χ4v) is 1.40. The zero-order valence-corrected chi connectivity index (χ0v) is 9.30. The van der Waals surface area contributed by atoms with Gasteiger partial charge in [0.1, 0.15) is 6.61 Å². The van der Waals surface area contributed by atoms with Crippen LogP contribution in [0.25, 0.3) is 0 Å². The Hall–Kier alpha value is -1.61. The zero-order chi connectivity index (χ0) is 12.0. The average Bonchev–Trinajstić information content (AvgIpc) is 2.30. The molecule has 3 nitrogen and oxygen atoms in total. The number of rotatable bonds is 5. The van der Waals surface area contributed by atoms with Gasteiger partial charge in [-0.1, -0.05) is 36.4 Å². The molecule has 0 fully saturated rings. The molecule has 0 saturated heterocycles. The van der Waals surface area contributed by atoms with Crippen molar-refractivity contribution in [3.63, 3.8) is 0 Å². The van der Waals surface area contributed by atoms with Crippen molar-refractivity contribution in [2.24, 2.45) is 5.92 Å². The molecule has 1 aromatic carbocycles. The van der Waals surface area contributed by atoms with Crippen LogP contribution in [0.1, 0.15) is 18.6 Å². The van der Waals surface area contributed by atoms with Crippen molar-refractivity contribution in [2.75, 3.05) is 6.61 Å². The third-order valence-corrected chi connectivity index (χ3v) is 2.33. The molecule has 16 heavy (non-hydrogen) atoms. The van der Waals surface area contributed by atoms with Crippen LogP contribution in [-0.2, 0) is 9.53 Å². The molecule has 0 aliphatic carbocycles. The van der Waals surface area contributed by atoms with Gasteiger partial charge < -0.3 is 9.84 Å². The second-order valence-electron chi connectivity index (χ2n) is 3.56. The minimum atomic E-state index is -0.696. The van der Waals surface area contributed by atoms with Crippen molar-refractivity contribution in [3.8, 4) is 0 Å². The molecule has 0 saturated carbocycles. The molecule has 1 rings (SSSR count). The minimum absolute atomic E-state index is 0.148. The van der Waals surface area contributed by atoms with Crippen LogP contribution in [0.5, 0.6) is 0 Å². The van der Waals surface area contributed by atoms with Crippen molar-refractivity contribution in [3.05, 3.63) is 48.6 Å². The highest BCUT2D eigenvalue weighted by Crippen LogP contribution is 2.22. The Morgan fingerprint density at radius 1 is 1.50 bits per heavy atom. The molecule has 86 valence electrons. The summed E-state index contributed by atoms with van der Waals surface area (Å²) in [6.45, 7) is 5.12. The summed E-state index contributed by atoms with van der Waals surface area (Å²) in [7, 11) is 0. The van der Waals surface area contributed by atoms with Gasteiger partial charge in [-0.3, -0.25) is 4.79 Å². The number of aliphatic hydroxyl groups is 1. The van der Waals surface area contributed by atoms with Crippen LogP contribution >= 0.6 is 0 Å². The van der Waals surface area contributed by atoms with E-state index in [9.17, 15) is 9.90 Å². The quantitative estimate of drug-likeness (QED) is 0.610. The molecule has 0 radical (unpaired) electrons. The van der Waals surface area contributed by atoms with Crippen LogP contribution in [-0.4, -0.2) is 17.7 Å². The SMILES string of the molecule is C=C[C@@H](COC(C)=O)[C@@H](O)c1ccccc1. The number of benzene rings is 1. The maximum Gasteiger partial charge on any atom is 0.302 e. The summed E-state index contributed by atoms with van der Waals surface area (Å²) in [5, 5.41) is 10.0.